The molecule has 3 aromatic rings. The SMILES string of the molecule is Cc1ccccc1C1=NC(=Cc2ccc(OC(=O)c3ccc([N+](=O)[O-])cc3)cc2)C(=O)O1. The first-order chi connectivity index (χ1) is 15.4. The first-order valence-electron chi connectivity index (χ1n) is 9.56. The van der Waals surface area contributed by atoms with Crippen LogP contribution in [0.4, 0.5) is 5.69 Å². The minimum atomic E-state index is -0.641. The van der Waals surface area contributed by atoms with E-state index in [1.807, 2.05) is 31.2 Å². The number of carbonyl (C=O) groups excluding carboxylic acids is 2. The van der Waals surface area contributed by atoms with Crippen LogP contribution in [0.1, 0.15) is 27.0 Å². The summed E-state index contributed by atoms with van der Waals surface area (Å²) in [6.07, 6.45) is 1.58. The molecule has 32 heavy (non-hydrogen) atoms. The van der Waals surface area contributed by atoms with Crippen LogP contribution in [0.25, 0.3) is 6.08 Å². The van der Waals surface area contributed by atoms with Crippen molar-refractivity contribution < 1.29 is 24.0 Å². The van der Waals surface area contributed by atoms with Crippen molar-refractivity contribution >= 4 is 29.6 Å². The van der Waals surface area contributed by atoms with E-state index in [4.69, 9.17) is 9.47 Å². The summed E-state index contributed by atoms with van der Waals surface area (Å²) in [7, 11) is 0. The van der Waals surface area contributed by atoms with Crippen LogP contribution >= 0.6 is 0 Å². The lowest BCUT2D eigenvalue weighted by Gasteiger charge is -2.04. The Morgan fingerprint density at radius 2 is 1.72 bits per heavy atom. The van der Waals surface area contributed by atoms with Crippen LogP contribution in [0.2, 0.25) is 0 Å². The third-order valence-corrected chi connectivity index (χ3v) is 4.70. The highest BCUT2D eigenvalue weighted by Gasteiger charge is 2.25. The summed E-state index contributed by atoms with van der Waals surface area (Å²) < 4.78 is 10.6. The van der Waals surface area contributed by atoms with Crippen molar-refractivity contribution in [1.82, 2.24) is 0 Å². The van der Waals surface area contributed by atoms with Crippen LogP contribution in [0.5, 0.6) is 5.75 Å². The Bertz CT molecular complexity index is 1270. The fraction of sp³-hybridized carbons (Fsp3) is 0.0417. The van der Waals surface area contributed by atoms with Crippen molar-refractivity contribution in [3.8, 4) is 5.75 Å². The van der Waals surface area contributed by atoms with Crippen LogP contribution in [-0.2, 0) is 9.53 Å². The highest BCUT2D eigenvalue weighted by atomic mass is 16.6. The number of rotatable bonds is 5. The molecule has 0 unspecified atom stereocenters. The van der Waals surface area contributed by atoms with Gasteiger partial charge in [-0.15, -0.1) is 0 Å². The summed E-state index contributed by atoms with van der Waals surface area (Å²) in [4.78, 5) is 38.9. The molecule has 0 N–H and O–H groups in total. The van der Waals surface area contributed by atoms with Crippen molar-refractivity contribution in [3.63, 3.8) is 0 Å². The zero-order chi connectivity index (χ0) is 22.7. The van der Waals surface area contributed by atoms with Crippen LogP contribution < -0.4 is 4.74 Å². The van der Waals surface area contributed by atoms with Crippen molar-refractivity contribution in [3.05, 3.63) is 111 Å². The predicted octanol–water partition coefficient (Wildman–Crippen LogP) is 4.47. The number of benzene rings is 3. The molecule has 1 aliphatic rings. The third-order valence-electron chi connectivity index (χ3n) is 4.70. The molecule has 3 aromatic carbocycles. The lowest BCUT2D eigenvalue weighted by molar-refractivity contribution is -0.384. The number of hydrogen-bond acceptors (Lipinski definition) is 7. The van der Waals surface area contributed by atoms with E-state index in [-0.39, 0.29) is 28.6 Å². The second-order valence-corrected chi connectivity index (χ2v) is 6.91. The average molecular weight is 428 g/mol. The molecule has 0 fully saturated rings. The van der Waals surface area contributed by atoms with Crippen LogP contribution in [0, 0.1) is 17.0 Å². The van der Waals surface area contributed by atoms with E-state index in [0.717, 1.165) is 11.1 Å². The van der Waals surface area contributed by atoms with Gasteiger partial charge in [-0.25, -0.2) is 14.6 Å². The second-order valence-electron chi connectivity index (χ2n) is 6.91. The Kier molecular flexibility index (Phi) is 5.59. The van der Waals surface area contributed by atoms with E-state index in [0.29, 0.717) is 5.56 Å². The van der Waals surface area contributed by atoms with Crippen LogP contribution in [-0.4, -0.2) is 22.8 Å². The normalized spacial score (nSPS) is 14.1. The monoisotopic (exact) mass is 428 g/mol. The maximum absolute atomic E-state index is 12.2. The smallest absolute Gasteiger partial charge is 0.363 e. The van der Waals surface area contributed by atoms with E-state index < -0.39 is 16.9 Å². The Morgan fingerprint density at radius 3 is 2.38 bits per heavy atom. The molecule has 0 aromatic heterocycles. The molecule has 0 saturated heterocycles. The summed E-state index contributed by atoms with van der Waals surface area (Å²) in [6.45, 7) is 1.91. The molecular formula is C24H16N2O6. The fourth-order valence-electron chi connectivity index (χ4n) is 3.01. The zero-order valence-electron chi connectivity index (χ0n) is 16.8. The molecule has 1 aliphatic heterocycles. The van der Waals surface area contributed by atoms with E-state index in [1.165, 1.54) is 24.3 Å². The van der Waals surface area contributed by atoms with Crippen molar-refractivity contribution in [2.24, 2.45) is 4.99 Å². The minimum absolute atomic E-state index is 0.113. The molecule has 0 atom stereocenters. The van der Waals surface area contributed by atoms with Gasteiger partial charge in [-0.3, -0.25) is 10.1 Å². The second kappa shape index (κ2) is 8.65. The Morgan fingerprint density at radius 1 is 1.03 bits per heavy atom. The average Bonchev–Trinajstić information content (AvgIpc) is 3.15. The first kappa shape index (κ1) is 20.7. The van der Waals surface area contributed by atoms with Gasteiger partial charge >= 0.3 is 11.9 Å². The summed E-state index contributed by atoms with van der Waals surface area (Å²) in [5.41, 5.74) is 2.60. The number of aryl methyl sites for hydroxylation is 1. The Hall–Kier alpha value is -4.59. The van der Waals surface area contributed by atoms with Gasteiger partial charge in [0.25, 0.3) is 5.69 Å². The van der Waals surface area contributed by atoms with Gasteiger partial charge in [-0.05, 0) is 54.5 Å². The van der Waals surface area contributed by atoms with Gasteiger partial charge in [0.2, 0.25) is 5.90 Å². The number of aliphatic imine (C=N–C) groups is 1. The van der Waals surface area contributed by atoms with E-state index in [2.05, 4.69) is 4.99 Å². The number of esters is 2. The molecule has 0 saturated carbocycles. The third kappa shape index (κ3) is 4.44. The summed E-state index contributed by atoms with van der Waals surface area (Å²) in [6, 6.07) is 19.1. The van der Waals surface area contributed by atoms with Gasteiger partial charge in [0.15, 0.2) is 5.70 Å². The molecule has 0 aliphatic carbocycles. The molecule has 0 bridgehead atoms. The maximum atomic E-state index is 12.2. The lowest BCUT2D eigenvalue weighted by atomic mass is 10.1. The first-order valence-corrected chi connectivity index (χ1v) is 9.56. The number of ether oxygens (including phenoxy) is 2. The quantitative estimate of drug-likeness (QED) is 0.195. The van der Waals surface area contributed by atoms with Gasteiger partial charge in [-0.2, -0.15) is 0 Å². The molecule has 158 valence electrons. The van der Waals surface area contributed by atoms with Crippen LogP contribution in [0.15, 0.2) is 83.5 Å². The zero-order valence-corrected chi connectivity index (χ0v) is 16.8. The lowest BCUT2D eigenvalue weighted by Crippen LogP contribution is -2.08. The highest BCUT2D eigenvalue weighted by Crippen LogP contribution is 2.22. The summed E-state index contributed by atoms with van der Waals surface area (Å²) >= 11 is 0. The fourth-order valence-corrected chi connectivity index (χ4v) is 3.01. The summed E-state index contributed by atoms with van der Waals surface area (Å²) in [5, 5.41) is 10.7. The largest absolute Gasteiger partial charge is 0.423 e. The van der Waals surface area contributed by atoms with Crippen molar-refractivity contribution in [2.75, 3.05) is 0 Å². The van der Waals surface area contributed by atoms with E-state index in [1.54, 1.807) is 30.3 Å². The number of nitrogens with zero attached hydrogens (tertiary/aromatic N) is 2. The van der Waals surface area contributed by atoms with E-state index >= 15 is 0 Å². The van der Waals surface area contributed by atoms with E-state index in [9.17, 15) is 19.7 Å². The van der Waals surface area contributed by atoms with Crippen molar-refractivity contribution in [1.29, 1.82) is 0 Å². The van der Waals surface area contributed by atoms with Gasteiger partial charge < -0.3 is 9.47 Å². The molecule has 1 heterocycles. The molecule has 0 amide bonds. The van der Waals surface area contributed by atoms with Gasteiger partial charge in [0.05, 0.1) is 10.5 Å². The highest BCUT2D eigenvalue weighted by molar-refractivity contribution is 6.13. The van der Waals surface area contributed by atoms with Crippen molar-refractivity contribution in [2.45, 2.75) is 6.92 Å². The van der Waals surface area contributed by atoms with Gasteiger partial charge in [0.1, 0.15) is 5.75 Å². The topological polar surface area (TPSA) is 108 Å². The molecule has 4 rings (SSSR count). The Balaban J connectivity index is 1.47. The number of nitro groups is 1. The van der Waals surface area contributed by atoms with Gasteiger partial charge in [-0.1, -0.05) is 30.3 Å². The molecule has 0 spiro atoms. The standard InChI is InChI=1S/C24H16N2O6/c1-15-4-2-3-5-20(15)22-25-21(24(28)32-22)14-16-6-12-19(13-7-16)31-23(27)17-8-10-18(11-9-17)26(29)30/h2-14H,1H3. The molecular weight excluding hydrogens is 412 g/mol. The number of carbonyl (C=O) groups is 2. The Labute approximate surface area is 182 Å². The molecule has 0 radical (unpaired) electrons. The number of non-ortho nitro benzene ring substituents is 1. The van der Waals surface area contributed by atoms with Gasteiger partial charge in [0, 0.05) is 17.7 Å². The number of hydrogen-bond donors (Lipinski definition) is 0. The maximum Gasteiger partial charge on any atom is 0.363 e. The number of nitro benzene ring substituents is 1. The van der Waals surface area contributed by atoms with Crippen LogP contribution in [0.3, 0.4) is 0 Å². The predicted molar refractivity (Wildman–Crippen MR) is 116 cm³/mol. The number of cyclic esters (lactones) is 1. The molecule has 8 heteroatoms. The molecule has 8 nitrogen and oxygen atoms in total. The minimum Gasteiger partial charge on any atom is -0.423 e. The summed E-state index contributed by atoms with van der Waals surface area (Å²) in [5.74, 6) is -0.642.